The number of pyridine rings is 1. The second-order valence-electron chi connectivity index (χ2n) is 3.92. The Morgan fingerprint density at radius 2 is 2.47 bits per heavy atom. The van der Waals surface area contributed by atoms with Crippen molar-refractivity contribution < 1.29 is 0 Å². The van der Waals surface area contributed by atoms with Crippen molar-refractivity contribution in [1.29, 1.82) is 0 Å². The van der Waals surface area contributed by atoms with Crippen LogP contribution in [-0.4, -0.2) is 11.0 Å². The molecule has 0 aliphatic carbocycles. The molecule has 0 fully saturated rings. The molecule has 0 aromatic carbocycles. The van der Waals surface area contributed by atoms with Gasteiger partial charge in [0.05, 0.1) is 0 Å². The average molecular weight is 205 g/mol. The fourth-order valence-corrected chi connectivity index (χ4v) is 1.55. The summed E-state index contributed by atoms with van der Waals surface area (Å²) >= 11 is 0. The molecular formula is C12H19N3. The standard InChI is InChI=1S/C12H19N3/c1-10(2)8-12(15-13)6-5-11-4-3-7-14-9-11/h3-4,7,9,12,15H,1,5-6,8,13H2,2H3. The molecule has 0 saturated carbocycles. The summed E-state index contributed by atoms with van der Waals surface area (Å²) in [5, 5.41) is 0. The summed E-state index contributed by atoms with van der Waals surface area (Å²) in [6, 6.07) is 4.35. The SMILES string of the molecule is C=C(C)CC(CCc1cccnc1)NN. The molecule has 15 heavy (non-hydrogen) atoms. The Labute approximate surface area is 91.4 Å². The van der Waals surface area contributed by atoms with Gasteiger partial charge >= 0.3 is 0 Å². The van der Waals surface area contributed by atoms with E-state index in [0.29, 0.717) is 6.04 Å². The molecule has 0 aliphatic heterocycles. The van der Waals surface area contributed by atoms with E-state index < -0.39 is 0 Å². The van der Waals surface area contributed by atoms with Gasteiger partial charge in [-0.3, -0.25) is 16.3 Å². The molecule has 1 heterocycles. The number of nitrogens with two attached hydrogens (primary N) is 1. The second-order valence-corrected chi connectivity index (χ2v) is 3.92. The molecule has 82 valence electrons. The first-order valence-electron chi connectivity index (χ1n) is 5.21. The molecule has 1 atom stereocenters. The number of aromatic nitrogens is 1. The Kier molecular flexibility index (Phi) is 5.01. The molecule has 0 amide bonds. The molecule has 1 aromatic rings. The van der Waals surface area contributed by atoms with Gasteiger partial charge in [-0.25, -0.2) is 0 Å². The summed E-state index contributed by atoms with van der Waals surface area (Å²) < 4.78 is 0. The number of hydrazine groups is 1. The highest BCUT2D eigenvalue weighted by Crippen LogP contribution is 2.09. The van der Waals surface area contributed by atoms with Crippen LogP contribution < -0.4 is 11.3 Å². The lowest BCUT2D eigenvalue weighted by Crippen LogP contribution is -2.35. The van der Waals surface area contributed by atoms with Crippen molar-refractivity contribution in [2.45, 2.75) is 32.2 Å². The Bertz CT molecular complexity index is 295. The van der Waals surface area contributed by atoms with E-state index in [1.54, 1.807) is 6.20 Å². The molecule has 0 bridgehead atoms. The summed E-state index contributed by atoms with van der Waals surface area (Å²) in [6.45, 7) is 5.91. The lowest BCUT2D eigenvalue weighted by molar-refractivity contribution is 0.490. The predicted molar refractivity (Wildman–Crippen MR) is 63.1 cm³/mol. The Morgan fingerprint density at radius 1 is 1.67 bits per heavy atom. The van der Waals surface area contributed by atoms with Gasteiger partial charge < -0.3 is 0 Å². The van der Waals surface area contributed by atoms with Crippen molar-refractivity contribution in [2.75, 3.05) is 0 Å². The Morgan fingerprint density at radius 3 is 3.00 bits per heavy atom. The predicted octanol–water partition coefficient (Wildman–Crippen LogP) is 1.81. The van der Waals surface area contributed by atoms with Gasteiger partial charge in [0.25, 0.3) is 0 Å². The van der Waals surface area contributed by atoms with Gasteiger partial charge in [-0.15, -0.1) is 6.58 Å². The molecule has 3 heteroatoms. The van der Waals surface area contributed by atoms with Crippen LogP contribution in [0.25, 0.3) is 0 Å². The van der Waals surface area contributed by atoms with Crippen LogP contribution in [0.15, 0.2) is 36.7 Å². The largest absolute Gasteiger partial charge is 0.271 e. The number of hydrogen-bond acceptors (Lipinski definition) is 3. The Hall–Kier alpha value is -1.19. The molecule has 3 N–H and O–H groups in total. The topological polar surface area (TPSA) is 50.9 Å². The quantitative estimate of drug-likeness (QED) is 0.423. The zero-order chi connectivity index (χ0) is 11.1. The molecular weight excluding hydrogens is 186 g/mol. The number of nitrogens with zero attached hydrogens (tertiary/aromatic N) is 1. The van der Waals surface area contributed by atoms with Crippen molar-refractivity contribution in [1.82, 2.24) is 10.4 Å². The van der Waals surface area contributed by atoms with Crippen molar-refractivity contribution >= 4 is 0 Å². The van der Waals surface area contributed by atoms with E-state index in [0.717, 1.165) is 24.8 Å². The van der Waals surface area contributed by atoms with Crippen LogP contribution >= 0.6 is 0 Å². The van der Waals surface area contributed by atoms with E-state index in [4.69, 9.17) is 5.84 Å². The molecule has 1 aromatic heterocycles. The monoisotopic (exact) mass is 205 g/mol. The number of rotatable bonds is 6. The minimum Gasteiger partial charge on any atom is -0.271 e. The van der Waals surface area contributed by atoms with E-state index >= 15 is 0 Å². The molecule has 1 rings (SSSR count). The maximum atomic E-state index is 5.48. The summed E-state index contributed by atoms with van der Waals surface area (Å²) in [7, 11) is 0. The van der Waals surface area contributed by atoms with Gasteiger partial charge in [-0.1, -0.05) is 11.6 Å². The molecule has 0 spiro atoms. The molecule has 0 radical (unpaired) electrons. The van der Waals surface area contributed by atoms with Gasteiger partial charge in [0.15, 0.2) is 0 Å². The van der Waals surface area contributed by atoms with Crippen molar-refractivity contribution in [3.05, 3.63) is 42.2 Å². The number of nitrogens with one attached hydrogen (secondary N) is 1. The summed E-state index contributed by atoms with van der Waals surface area (Å²) in [5.74, 6) is 5.48. The lowest BCUT2D eigenvalue weighted by atomic mass is 10.0. The lowest BCUT2D eigenvalue weighted by Gasteiger charge is -2.15. The van der Waals surface area contributed by atoms with Crippen LogP contribution in [0.4, 0.5) is 0 Å². The van der Waals surface area contributed by atoms with E-state index in [1.165, 1.54) is 5.56 Å². The molecule has 0 saturated heterocycles. The first kappa shape index (κ1) is 11.9. The third kappa shape index (κ3) is 4.72. The zero-order valence-corrected chi connectivity index (χ0v) is 9.24. The maximum absolute atomic E-state index is 5.48. The maximum Gasteiger partial charge on any atom is 0.0299 e. The van der Waals surface area contributed by atoms with Gasteiger partial charge in [0.1, 0.15) is 0 Å². The number of aryl methyl sites for hydroxylation is 1. The average Bonchev–Trinajstić information content (AvgIpc) is 2.25. The molecule has 1 unspecified atom stereocenters. The van der Waals surface area contributed by atoms with Crippen molar-refractivity contribution in [2.24, 2.45) is 5.84 Å². The summed E-state index contributed by atoms with van der Waals surface area (Å²) in [4.78, 5) is 4.08. The van der Waals surface area contributed by atoms with Gasteiger partial charge in [0, 0.05) is 18.4 Å². The van der Waals surface area contributed by atoms with Crippen LogP contribution in [0.2, 0.25) is 0 Å². The third-order valence-corrected chi connectivity index (χ3v) is 2.33. The fourth-order valence-electron chi connectivity index (χ4n) is 1.55. The zero-order valence-electron chi connectivity index (χ0n) is 9.24. The normalized spacial score (nSPS) is 12.4. The van der Waals surface area contributed by atoms with Crippen LogP contribution in [-0.2, 0) is 6.42 Å². The first-order chi connectivity index (χ1) is 7.22. The fraction of sp³-hybridized carbons (Fsp3) is 0.417. The van der Waals surface area contributed by atoms with E-state index in [9.17, 15) is 0 Å². The molecule has 3 nitrogen and oxygen atoms in total. The van der Waals surface area contributed by atoms with Gasteiger partial charge in [0.2, 0.25) is 0 Å². The highest BCUT2D eigenvalue weighted by Gasteiger charge is 2.06. The number of hydrogen-bond donors (Lipinski definition) is 2. The minimum atomic E-state index is 0.308. The van der Waals surface area contributed by atoms with Gasteiger partial charge in [-0.05, 0) is 37.8 Å². The third-order valence-electron chi connectivity index (χ3n) is 2.33. The summed E-state index contributed by atoms with van der Waals surface area (Å²) in [5.41, 5.74) is 5.23. The minimum absolute atomic E-state index is 0.308. The van der Waals surface area contributed by atoms with E-state index in [1.807, 2.05) is 19.2 Å². The second kappa shape index (κ2) is 6.32. The molecule has 0 aliphatic rings. The van der Waals surface area contributed by atoms with E-state index in [-0.39, 0.29) is 0 Å². The Balaban J connectivity index is 2.37. The van der Waals surface area contributed by atoms with Crippen LogP contribution in [0, 0.1) is 0 Å². The van der Waals surface area contributed by atoms with Crippen molar-refractivity contribution in [3.8, 4) is 0 Å². The van der Waals surface area contributed by atoms with Crippen molar-refractivity contribution in [3.63, 3.8) is 0 Å². The van der Waals surface area contributed by atoms with Crippen LogP contribution in [0.3, 0.4) is 0 Å². The highest BCUT2D eigenvalue weighted by molar-refractivity contribution is 5.09. The first-order valence-corrected chi connectivity index (χ1v) is 5.21. The summed E-state index contributed by atoms with van der Waals surface area (Å²) in [6.07, 6.45) is 6.62. The van der Waals surface area contributed by atoms with E-state index in [2.05, 4.69) is 23.1 Å². The van der Waals surface area contributed by atoms with Crippen LogP contribution in [0.5, 0.6) is 0 Å². The highest BCUT2D eigenvalue weighted by atomic mass is 15.2. The van der Waals surface area contributed by atoms with Gasteiger partial charge in [-0.2, -0.15) is 0 Å². The van der Waals surface area contributed by atoms with Crippen LogP contribution in [0.1, 0.15) is 25.3 Å². The smallest absolute Gasteiger partial charge is 0.0299 e.